The molecule has 0 amide bonds. The molecule has 5 heteroatoms. The summed E-state index contributed by atoms with van der Waals surface area (Å²) in [5.41, 5.74) is 0. The van der Waals surface area contributed by atoms with Crippen LogP contribution in [0.25, 0.3) is 0 Å². The van der Waals surface area contributed by atoms with Crippen molar-refractivity contribution in [2.24, 2.45) is 0 Å². The maximum Gasteiger partial charge on any atom is 0.306 e. The molecule has 0 spiro atoms. The predicted molar refractivity (Wildman–Crippen MR) is 261 cm³/mol. The topological polar surface area (TPSA) is 61.8 Å². The van der Waals surface area contributed by atoms with Crippen molar-refractivity contribution in [3.8, 4) is 0 Å². The minimum Gasteiger partial charge on any atom is -0.462 e. The Balaban J connectivity index is 4.27. The van der Waals surface area contributed by atoms with Crippen molar-refractivity contribution < 1.29 is 23.8 Å². The number of rotatable bonds is 49. The van der Waals surface area contributed by atoms with Crippen LogP contribution in [0, 0.1) is 0 Å². The molecule has 0 aliphatic carbocycles. The Morgan fingerprint density at radius 3 is 1.15 bits per heavy atom. The number of unbranched alkanes of at least 4 members (excludes halogenated alkanes) is 32. The lowest BCUT2D eigenvalue weighted by Gasteiger charge is -2.18. The van der Waals surface area contributed by atoms with Gasteiger partial charge in [-0.1, -0.05) is 224 Å². The van der Waals surface area contributed by atoms with Crippen LogP contribution in [0.2, 0.25) is 0 Å². The smallest absolute Gasteiger partial charge is 0.306 e. The summed E-state index contributed by atoms with van der Waals surface area (Å²) >= 11 is 0. The van der Waals surface area contributed by atoms with Crippen LogP contribution in [-0.2, 0) is 23.8 Å². The molecular formula is C55H102O5. The van der Waals surface area contributed by atoms with Crippen molar-refractivity contribution >= 4 is 11.9 Å². The highest BCUT2D eigenvalue weighted by Crippen LogP contribution is 2.15. The van der Waals surface area contributed by atoms with E-state index in [0.717, 1.165) is 64.2 Å². The third-order valence-corrected chi connectivity index (χ3v) is 11.6. The zero-order valence-electron chi connectivity index (χ0n) is 40.5. The van der Waals surface area contributed by atoms with Crippen LogP contribution < -0.4 is 0 Å². The van der Waals surface area contributed by atoms with Crippen molar-refractivity contribution in [1.29, 1.82) is 0 Å². The Morgan fingerprint density at radius 1 is 0.367 bits per heavy atom. The van der Waals surface area contributed by atoms with Crippen LogP contribution in [0.4, 0.5) is 0 Å². The molecule has 0 bridgehead atoms. The molecular weight excluding hydrogens is 741 g/mol. The molecule has 0 heterocycles. The first-order chi connectivity index (χ1) is 29.6. The summed E-state index contributed by atoms with van der Waals surface area (Å²) in [4.78, 5) is 25.4. The van der Waals surface area contributed by atoms with Crippen LogP contribution in [0.3, 0.4) is 0 Å². The lowest BCUT2D eigenvalue weighted by atomic mass is 10.0. The predicted octanol–water partition coefficient (Wildman–Crippen LogP) is 17.8. The van der Waals surface area contributed by atoms with Gasteiger partial charge in [-0.2, -0.15) is 0 Å². The molecule has 0 aromatic heterocycles. The van der Waals surface area contributed by atoms with Gasteiger partial charge in [-0.25, -0.2) is 0 Å². The molecule has 0 fully saturated rings. The average Bonchev–Trinajstić information content (AvgIpc) is 3.25. The maximum atomic E-state index is 12.8. The second-order valence-electron chi connectivity index (χ2n) is 17.8. The van der Waals surface area contributed by atoms with Gasteiger partial charge in [0.25, 0.3) is 0 Å². The van der Waals surface area contributed by atoms with E-state index in [0.29, 0.717) is 19.4 Å². The Hall–Kier alpha value is -1.88. The minimum absolute atomic E-state index is 0.0793. The first-order valence-electron chi connectivity index (χ1n) is 26.5. The first kappa shape index (κ1) is 58.1. The summed E-state index contributed by atoms with van der Waals surface area (Å²) in [6, 6.07) is 0. The van der Waals surface area contributed by atoms with Gasteiger partial charge in [-0.05, 0) is 77.0 Å². The van der Waals surface area contributed by atoms with E-state index in [4.69, 9.17) is 14.2 Å². The van der Waals surface area contributed by atoms with Crippen LogP contribution in [0.5, 0.6) is 0 Å². The second-order valence-corrected chi connectivity index (χ2v) is 17.8. The standard InChI is InChI=1S/C55H102O5/c1-4-7-10-13-16-19-22-25-28-30-33-36-39-42-45-48-54(56)59-52-53(51-58-50-47-44-41-38-35-32-27-24-21-18-15-12-9-6-3)60-55(57)49-46-43-40-37-34-31-29-26-23-20-17-14-11-8-5-2/h16,19,25-26,28-29,53H,4-15,17-18,20-24,27,30-52H2,1-3H3/b19-16-,28-25-,29-26-. The molecule has 0 saturated carbocycles. The van der Waals surface area contributed by atoms with Gasteiger partial charge in [0.15, 0.2) is 6.10 Å². The van der Waals surface area contributed by atoms with E-state index in [-0.39, 0.29) is 25.2 Å². The number of ether oxygens (including phenoxy) is 3. The van der Waals surface area contributed by atoms with Gasteiger partial charge >= 0.3 is 11.9 Å². The highest BCUT2D eigenvalue weighted by molar-refractivity contribution is 5.70. The van der Waals surface area contributed by atoms with Crippen molar-refractivity contribution in [3.63, 3.8) is 0 Å². The maximum absolute atomic E-state index is 12.8. The molecule has 60 heavy (non-hydrogen) atoms. The first-order valence-corrected chi connectivity index (χ1v) is 26.5. The second kappa shape index (κ2) is 51.5. The number of esters is 2. The fraction of sp³-hybridized carbons (Fsp3) is 0.855. The summed E-state index contributed by atoms with van der Waals surface area (Å²) in [7, 11) is 0. The van der Waals surface area contributed by atoms with E-state index < -0.39 is 6.10 Å². The largest absolute Gasteiger partial charge is 0.462 e. The Labute approximate surface area is 374 Å². The van der Waals surface area contributed by atoms with Gasteiger partial charge in [0, 0.05) is 19.4 Å². The van der Waals surface area contributed by atoms with Gasteiger partial charge in [0.2, 0.25) is 0 Å². The van der Waals surface area contributed by atoms with E-state index in [1.807, 2.05) is 0 Å². The SMILES string of the molecule is CCCCC/C=C\C/C=C\CCCCCCCC(=O)OCC(COCCCCCCCCCCCCCCCC)OC(=O)CCCCCCC/C=C\CCCCCCCC. The van der Waals surface area contributed by atoms with Gasteiger partial charge in [-0.3, -0.25) is 9.59 Å². The number of allylic oxidation sites excluding steroid dienone is 6. The summed E-state index contributed by atoms with van der Waals surface area (Å²) in [6.45, 7) is 7.82. The molecule has 1 atom stereocenters. The summed E-state index contributed by atoms with van der Waals surface area (Å²) < 4.78 is 17.4. The number of hydrogen-bond acceptors (Lipinski definition) is 5. The molecule has 0 aliphatic heterocycles. The average molecular weight is 843 g/mol. The van der Waals surface area contributed by atoms with Gasteiger partial charge in [0.05, 0.1) is 6.61 Å². The van der Waals surface area contributed by atoms with E-state index in [1.165, 1.54) is 180 Å². The summed E-state index contributed by atoms with van der Waals surface area (Å²) in [5, 5.41) is 0. The fourth-order valence-corrected chi connectivity index (χ4v) is 7.65. The normalized spacial score (nSPS) is 12.4. The fourth-order valence-electron chi connectivity index (χ4n) is 7.65. The van der Waals surface area contributed by atoms with Crippen molar-refractivity contribution in [2.75, 3.05) is 19.8 Å². The van der Waals surface area contributed by atoms with Crippen molar-refractivity contribution in [1.82, 2.24) is 0 Å². The van der Waals surface area contributed by atoms with Crippen LogP contribution in [-0.4, -0.2) is 37.9 Å². The van der Waals surface area contributed by atoms with Crippen LogP contribution >= 0.6 is 0 Å². The minimum atomic E-state index is -0.541. The molecule has 0 N–H and O–H groups in total. The summed E-state index contributed by atoms with van der Waals surface area (Å²) in [5.74, 6) is -0.409. The van der Waals surface area contributed by atoms with Crippen molar-refractivity contribution in [2.45, 2.75) is 284 Å². The molecule has 5 nitrogen and oxygen atoms in total. The Morgan fingerprint density at radius 2 is 0.700 bits per heavy atom. The molecule has 0 rings (SSSR count). The third kappa shape index (κ3) is 48.8. The van der Waals surface area contributed by atoms with E-state index >= 15 is 0 Å². The van der Waals surface area contributed by atoms with E-state index in [9.17, 15) is 9.59 Å². The van der Waals surface area contributed by atoms with Gasteiger partial charge in [0.1, 0.15) is 6.61 Å². The molecule has 0 aliphatic rings. The lowest BCUT2D eigenvalue weighted by Crippen LogP contribution is -2.30. The quantitative estimate of drug-likeness (QED) is 0.0347. The zero-order valence-corrected chi connectivity index (χ0v) is 40.5. The monoisotopic (exact) mass is 843 g/mol. The Bertz CT molecular complexity index is 955. The van der Waals surface area contributed by atoms with Gasteiger partial charge in [-0.15, -0.1) is 0 Å². The molecule has 0 aromatic rings. The molecule has 0 saturated heterocycles. The van der Waals surface area contributed by atoms with Crippen molar-refractivity contribution in [3.05, 3.63) is 36.5 Å². The number of carbonyl (C=O) groups excluding carboxylic acids is 2. The third-order valence-electron chi connectivity index (χ3n) is 11.6. The Kier molecular flexibility index (Phi) is 49.9. The van der Waals surface area contributed by atoms with E-state index in [1.54, 1.807) is 0 Å². The van der Waals surface area contributed by atoms with Gasteiger partial charge < -0.3 is 14.2 Å². The molecule has 0 aromatic carbocycles. The lowest BCUT2D eigenvalue weighted by molar-refractivity contribution is -0.163. The highest BCUT2D eigenvalue weighted by atomic mass is 16.6. The zero-order chi connectivity index (χ0) is 43.5. The molecule has 0 radical (unpaired) electrons. The molecule has 1 unspecified atom stereocenters. The van der Waals surface area contributed by atoms with Crippen LogP contribution in [0.1, 0.15) is 278 Å². The highest BCUT2D eigenvalue weighted by Gasteiger charge is 2.17. The summed E-state index contributed by atoms with van der Waals surface area (Å²) in [6.07, 6.45) is 61.5. The van der Waals surface area contributed by atoms with Crippen LogP contribution in [0.15, 0.2) is 36.5 Å². The molecule has 352 valence electrons. The number of carbonyl (C=O) groups is 2. The van der Waals surface area contributed by atoms with E-state index in [2.05, 4.69) is 57.2 Å². The number of hydrogen-bond donors (Lipinski definition) is 0.